The average molecular weight is 406 g/mol. The molecule has 6 nitrogen and oxygen atoms in total. The summed E-state index contributed by atoms with van der Waals surface area (Å²) in [5.74, 6) is 1.15. The Labute approximate surface area is 163 Å². The lowest BCUT2D eigenvalue weighted by molar-refractivity contribution is -0.131. The molecule has 2 aliphatic rings. The van der Waals surface area contributed by atoms with E-state index in [1.807, 2.05) is 11.8 Å². The van der Waals surface area contributed by atoms with Gasteiger partial charge in [0, 0.05) is 39.3 Å². The summed E-state index contributed by atoms with van der Waals surface area (Å²) in [6.45, 7) is 5.90. The van der Waals surface area contributed by atoms with Crippen LogP contribution in [0.15, 0.2) is 0 Å². The first-order chi connectivity index (χ1) is 12.4. The lowest BCUT2D eigenvalue weighted by Crippen LogP contribution is -2.56. The molecule has 1 saturated carbocycles. The summed E-state index contributed by atoms with van der Waals surface area (Å²) >= 11 is 1.70. The van der Waals surface area contributed by atoms with Crippen LogP contribution in [-0.2, 0) is 15.0 Å². The lowest BCUT2D eigenvalue weighted by atomic mass is 9.96. The van der Waals surface area contributed by atoms with E-state index in [-0.39, 0.29) is 17.2 Å². The number of nitrogens with zero attached hydrogens (tertiary/aromatic N) is 3. The van der Waals surface area contributed by atoms with E-state index in [0.29, 0.717) is 26.2 Å². The Morgan fingerprint density at radius 2 is 1.77 bits per heavy atom. The molecule has 0 aromatic carbocycles. The summed E-state index contributed by atoms with van der Waals surface area (Å²) in [4.78, 5) is 14.4. The van der Waals surface area contributed by atoms with Crippen LogP contribution in [-0.4, -0.2) is 78.1 Å². The van der Waals surface area contributed by atoms with Crippen molar-refractivity contribution in [1.29, 1.82) is 0 Å². The quantitative estimate of drug-likeness (QED) is 0.582. The Hall–Kier alpha value is -0.310. The third-order valence-electron chi connectivity index (χ3n) is 5.54. The number of piperazine rings is 1. The largest absolute Gasteiger partial charge is 0.339 e. The minimum atomic E-state index is -3.43. The van der Waals surface area contributed by atoms with Crippen LogP contribution in [0.4, 0.5) is 0 Å². The van der Waals surface area contributed by atoms with Crippen molar-refractivity contribution in [3.8, 4) is 0 Å². The fourth-order valence-corrected chi connectivity index (χ4v) is 6.36. The summed E-state index contributed by atoms with van der Waals surface area (Å²) in [6.07, 6.45) is 7.61. The number of carbonyl (C=O) groups is 1. The Balaban J connectivity index is 1.85. The van der Waals surface area contributed by atoms with Gasteiger partial charge in [-0.25, -0.2) is 0 Å². The van der Waals surface area contributed by atoms with Crippen molar-refractivity contribution in [2.75, 3.05) is 39.0 Å². The van der Waals surface area contributed by atoms with Crippen LogP contribution in [0.3, 0.4) is 0 Å². The Morgan fingerprint density at radius 3 is 2.35 bits per heavy atom. The predicted molar refractivity (Wildman–Crippen MR) is 109 cm³/mol. The second kappa shape index (κ2) is 10.3. The molecule has 1 heterocycles. The number of hydrogen-bond acceptors (Lipinski definition) is 4. The molecular formula is C18H35N3O3S2. The molecule has 152 valence electrons. The molecule has 0 spiro atoms. The first-order valence-electron chi connectivity index (χ1n) is 10.0. The van der Waals surface area contributed by atoms with Gasteiger partial charge in [-0.1, -0.05) is 32.6 Å². The van der Waals surface area contributed by atoms with Crippen molar-refractivity contribution in [3.63, 3.8) is 0 Å². The molecule has 0 aromatic heterocycles. The van der Waals surface area contributed by atoms with Crippen LogP contribution in [0.2, 0.25) is 0 Å². The van der Waals surface area contributed by atoms with Crippen molar-refractivity contribution in [3.05, 3.63) is 0 Å². The van der Waals surface area contributed by atoms with E-state index >= 15 is 0 Å². The third-order valence-corrected chi connectivity index (χ3v) is 8.81. The number of thioether (sulfide) groups is 1. The standard InChI is InChI=1S/C18H35N3O3S2/c1-4-5-15-25-16(2)18(22)20-11-13-21(14-12-20)26(23,24)19(3)17-9-7-6-8-10-17/h16-17H,4-15H2,1-3H3. The molecule has 2 fully saturated rings. The molecule has 1 amide bonds. The van der Waals surface area contributed by atoms with E-state index in [9.17, 15) is 13.2 Å². The van der Waals surface area contributed by atoms with Gasteiger partial charge in [0.15, 0.2) is 0 Å². The maximum absolute atomic E-state index is 12.9. The monoisotopic (exact) mass is 405 g/mol. The van der Waals surface area contributed by atoms with E-state index in [1.54, 1.807) is 27.4 Å². The summed E-state index contributed by atoms with van der Waals surface area (Å²) < 4.78 is 29.0. The smallest absolute Gasteiger partial charge is 0.282 e. The van der Waals surface area contributed by atoms with E-state index in [2.05, 4.69) is 6.92 Å². The molecule has 1 unspecified atom stereocenters. The minimum Gasteiger partial charge on any atom is -0.339 e. The highest BCUT2D eigenvalue weighted by molar-refractivity contribution is 8.00. The Morgan fingerprint density at radius 1 is 1.15 bits per heavy atom. The van der Waals surface area contributed by atoms with Gasteiger partial charge < -0.3 is 4.90 Å². The highest BCUT2D eigenvalue weighted by atomic mass is 32.2. The lowest BCUT2D eigenvalue weighted by Gasteiger charge is -2.39. The van der Waals surface area contributed by atoms with Crippen LogP contribution in [0.1, 0.15) is 58.8 Å². The fourth-order valence-electron chi connectivity index (χ4n) is 3.69. The summed E-state index contributed by atoms with van der Waals surface area (Å²) in [5, 5.41) is -0.0466. The zero-order valence-corrected chi connectivity index (χ0v) is 18.2. The van der Waals surface area contributed by atoms with Crippen molar-refractivity contribution in [1.82, 2.24) is 13.5 Å². The molecule has 26 heavy (non-hydrogen) atoms. The maximum atomic E-state index is 12.9. The number of hydrogen-bond donors (Lipinski definition) is 0. The molecule has 1 aliphatic heterocycles. The molecule has 2 rings (SSSR count). The van der Waals surface area contributed by atoms with Gasteiger partial charge in [0.25, 0.3) is 10.2 Å². The van der Waals surface area contributed by atoms with Gasteiger partial charge >= 0.3 is 0 Å². The van der Waals surface area contributed by atoms with Gasteiger partial charge in [-0.2, -0.15) is 17.0 Å². The molecular weight excluding hydrogens is 370 g/mol. The molecule has 0 radical (unpaired) electrons. The number of carbonyl (C=O) groups excluding carboxylic acids is 1. The van der Waals surface area contributed by atoms with Crippen molar-refractivity contribution < 1.29 is 13.2 Å². The highest BCUT2D eigenvalue weighted by Crippen LogP contribution is 2.25. The zero-order chi connectivity index (χ0) is 19.2. The third kappa shape index (κ3) is 5.59. The van der Waals surface area contributed by atoms with Gasteiger partial charge in [0.2, 0.25) is 5.91 Å². The van der Waals surface area contributed by atoms with Crippen LogP contribution >= 0.6 is 11.8 Å². The predicted octanol–water partition coefficient (Wildman–Crippen LogP) is 2.56. The van der Waals surface area contributed by atoms with E-state index in [0.717, 1.165) is 44.3 Å². The van der Waals surface area contributed by atoms with E-state index < -0.39 is 10.2 Å². The molecule has 1 aliphatic carbocycles. The van der Waals surface area contributed by atoms with Gasteiger partial charge in [-0.3, -0.25) is 4.79 Å². The summed E-state index contributed by atoms with van der Waals surface area (Å²) in [7, 11) is -1.71. The fraction of sp³-hybridized carbons (Fsp3) is 0.944. The van der Waals surface area contributed by atoms with Crippen molar-refractivity contribution in [2.45, 2.75) is 70.1 Å². The normalized spacial score (nSPS) is 21.9. The topological polar surface area (TPSA) is 60.9 Å². The number of unbranched alkanes of at least 4 members (excludes halogenated alkanes) is 1. The van der Waals surface area contributed by atoms with Crippen LogP contribution in [0.25, 0.3) is 0 Å². The van der Waals surface area contributed by atoms with Crippen LogP contribution in [0, 0.1) is 0 Å². The molecule has 0 aromatic rings. The number of rotatable bonds is 8. The SMILES string of the molecule is CCCCSC(C)C(=O)N1CCN(S(=O)(=O)N(C)C2CCCCC2)CC1. The van der Waals surface area contributed by atoms with Gasteiger partial charge in [-0.05, 0) is 31.9 Å². The Kier molecular flexibility index (Phi) is 8.70. The first-order valence-corrected chi connectivity index (χ1v) is 12.5. The second-order valence-electron chi connectivity index (χ2n) is 7.41. The molecule has 0 N–H and O–H groups in total. The second-order valence-corrected chi connectivity index (χ2v) is 10.8. The molecule has 1 atom stereocenters. The highest BCUT2D eigenvalue weighted by Gasteiger charge is 2.35. The van der Waals surface area contributed by atoms with Gasteiger partial charge in [-0.15, -0.1) is 11.8 Å². The van der Waals surface area contributed by atoms with E-state index in [1.165, 1.54) is 6.42 Å². The van der Waals surface area contributed by atoms with E-state index in [4.69, 9.17) is 0 Å². The first kappa shape index (κ1) is 22.0. The Bertz CT molecular complexity index is 542. The number of amides is 1. The maximum Gasteiger partial charge on any atom is 0.282 e. The molecule has 0 bridgehead atoms. The van der Waals surface area contributed by atoms with Crippen LogP contribution in [0.5, 0.6) is 0 Å². The molecule has 8 heteroatoms. The zero-order valence-electron chi connectivity index (χ0n) is 16.5. The minimum absolute atomic E-state index is 0.0466. The summed E-state index contributed by atoms with van der Waals surface area (Å²) in [5.41, 5.74) is 0. The van der Waals surface area contributed by atoms with Gasteiger partial charge in [0.1, 0.15) is 0 Å². The summed E-state index contributed by atoms with van der Waals surface area (Å²) in [6, 6.07) is 0.128. The van der Waals surface area contributed by atoms with Crippen molar-refractivity contribution >= 4 is 27.9 Å². The van der Waals surface area contributed by atoms with Gasteiger partial charge in [0.05, 0.1) is 5.25 Å². The van der Waals surface area contributed by atoms with Crippen LogP contribution < -0.4 is 0 Å². The van der Waals surface area contributed by atoms with Crippen molar-refractivity contribution in [2.24, 2.45) is 0 Å². The molecule has 1 saturated heterocycles. The average Bonchev–Trinajstić information content (AvgIpc) is 2.67.